The highest BCUT2D eigenvalue weighted by atomic mass is 127. The third-order valence-electron chi connectivity index (χ3n) is 4.75. The van der Waals surface area contributed by atoms with Crippen molar-refractivity contribution in [3.8, 4) is 11.5 Å². The molecule has 0 fully saturated rings. The SMILES string of the molecule is CN=C(NCCc1cccc(OC)c1)NC1CC(C)(C)Oc2ccccc21.I. The second kappa shape index (κ2) is 10.0. The first-order valence-corrected chi connectivity index (χ1v) is 9.39. The fourth-order valence-corrected chi connectivity index (χ4v) is 3.44. The topological polar surface area (TPSA) is 54.9 Å². The third kappa shape index (κ3) is 5.77. The lowest BCUT2D eigenvalue weighted by atomic mass is 9.90. The summed E-state index contributed by atoms with van der Waals surface area (Å²) < 4.78 is 11.4. The van der Waals surface area contributed by atoms with Gasteiger partial charge in [-0.2, -0.15) is 0 Å². The molecular formula is C22H30IN3O2. The number of hydrogen-bond acceptors (Lipinski definition) is 3. The molecular weight excluding hydrogens is 465 g/mol. The second-order valence-corrected chi connectivity index (χ2v) is 7.40. The van der Waals surface area contributed by atoms with Crippen LogP contribution in [-0.4, -0.2) is 32.3 Å². The number of guanidine groups is 1. The molecule has 28 heavy (non-hydrogen) atoms. The molecule has 0 spiro atoms. The summed E-state index contributed by atoms with van der Waals surface area (Å²) in [6.45, 7) is 5.04. The highest BCUT2D eigenvalue weighted by molar-refractivity contribution is 14.0. The molecule has 1 aliphatic heterocycles. The Bertz CT molecular complexity index is 808. The molecule has 0 amide bonds. The molecule has 2 N–H and O–H groups in total. The summed E-state index contributed by atoms with van der Waals surface area (Å²) in [5.41, 5.74) is 2.19. The number of hydrogen-bond donors (Lipinski definition) is 2. The van der Waals surface area contributed by atoms with Gasteiger partial charge in [-0.05, 0) is 44.0 Å². The molecule has 2 aromatic carbocycles. The number of nitrogens with one attached hydrogen (secondary N) is 2. The van der Waals surface area contributed by atoms with Gasteiger partial charge in [0.15, 0.2) is 5.96 Å². The predicted molar refractivity (Wildman–Crippen MR) is 125 cm³/mol. The zero-order valence-corrected chi connectivity index (χ0v) is 19.3. The quantitative estimate of drug-likeness (QED) is 0.369. The Balaban J connectivity index is 0.00000280. The lowest BCUT2D eigenvalue weighted by molar-refractivity contribution is 0.0694. The first-order chi connectivity index (χ1) is 13.0. The maximum absolute atomic E-state index is 6.11. The van der Waals surface area contributed by atoms with Gasteiger partial charge in [0, 0.05) is 25.6 Å². The van der Waals surface area contributed by atoms with Gasteiger partial charge in [0.25, 0.3) is 0 Å². The van der Waals surface area contributed by atoms with Gasteiger partial charge in [0.05, 0.1) is 13.2 Å². The first-order valence-electron chi connectivity index (χ1n) is 9.39. The molecule has 2 aromatic rings. The van der Waals surface area contributed by atoms with Crippen molar-refractivity contribution in [3.05, 3.63) is 59.7 Å². The van der Waals surface area contributed by atoms with E-state index < -0.39 is 0 Å². The third-order valence-corrected chi connectivity index (χ3v) is 4.75. The zero-order valence-electron chi connectivity index (χ0n) is 17.0. The number of ether oxygens (including phenoxy) is 2. The van der Waals surface area contributed by atoms with Gasteiger partial charge in [-0.3, -0.25) is 4.99 Å². The summed E-state index contributed by atoms with van der Waals surface area (Å²) in [6.07, 6.45) is 1.77. The predicted octanol–water partition coefficient (Wildman–Crippen LogP) is 4.32. The van der Waals surface area contributed by atoms with Crippen molar-refractivity contribution in [2.24, 2.45) is 4.99 Å². The fourth-order valence-electron chi connectivity index (χ4n) is 3.44. The zero-order chi connectivity index (χ0) is 19.3. The normalized spacial score (nSPS) is 17.6. The van der Waals surface area contributed by atoms with Gasteiger partial charge >= 0.3 is 0 Å². The summed E-state index contributed by atoms with van der Waals surface area (Å²) in [5.74, 6) is 2.63. The second-order valence-electron chi connectivity index (χ2n) is 7.40. The van der Waals surface area contributed by atoms with Crippen molar-refractivity contribution < 1.29 is 9.47 Å². The van der Waals surface area contributed by atoms with Crippen LogP contribution in [0.1, 0.15) is 37.4 Å². The molecule has 1 aliphatic rings. The Morgan fingerprint density at radius 3 is 2.75 bits per heavy atom. The van der Waals surface area contributed by atoms with Crippen molar-refractivity contribution in [1.29, 1.82) is 0 Å². The van der Waals surface area contributed by atoms with E-state index in [2.05, 4.69) is 47.7 Å². The number of rotatable bonds is 5. The lowest BCUT2D eigenvalue weighted by Crippen LogP contribution is -2.45. The van der Waals surface area contributed by atoms with Gasteiger partial charge in [0.1, 0.15) is 17.1 Å². The summed E-state index contributed by atoms with van der Waals surface area (Å²) in [4.78, 5) is 4.40. The van der Waals surface area contributed by atoms with Crippen LogP contribution < -0.4 is 20.1 Å². The summed E-state index contributed by atoms with van der Waals surface area (Å²) in [7, 11) is 3.49. The van der Waals surface area contributed by atoms with E-state index in [1.54, 1.807) is 14.2 Å². The van der Waals surface area contributed by atoms with Crippen LogP contribution in [0.25, 0.3) is 0 Å². The van der Waals surface area contributed by atoms with Crippen LogP contribution in [0.4, 0.5) is 0 Å². The minimum atomic E-state index is -0.217. The van der Waals surface area contributed by atoms with Crippen LogP contribution in [-0.2, 0) is 6.42 Å². The molecule has 0 bridgehead atoms. The smallest absolute Gasteiger partial charge is 0.191 e. The lowest BCUT2D eigenvalue weighted by Gasteiger charge is -2.38. The number of methoxy groups -OCH3 is 1. The van der Waals surface area contributed by atoms with Crippen LogP contribution in [0.5, 0.6) is 11.5 Å². The summed E-state index contributed by atoms with van der Waals surface area (Å²) in [5, 5.41) is 6.98. The average molecular weight is 495 g/mol. The number of aliphatic imine (C=N–C) groups is 1. The van der Waals surface area contributed by atoms with E-state index in [-0.39, 0.29) is 35.6 Å². The van der Waals surface area contributed by atoms with E-state index in [0.29, 0.717) is 0 Å². The molecule has 6 heteroatoms. The van der Waals surface area contributed by atoms with Crippen molar-refractivity contribution in [2.45, 2.75) is 38.3 Å². The number of para-hydroxylation sites is 1. The van der Waals surface area contributed by atoms with Crippen molar-refractivity contribution in [2.75, 3.05) is 20.7 Å². The first kappa shape index (κ1) is 22.3. The van der Waals surface area contributed by atoms with Crippen molar-refractivity contribution in [1.82, 2.24) is 10.6 Å². The fraction of sp³-hybridized carbons (Fsp3) is 0.409. The van der Waals surface area contributed by atoms with Gasteiger partial charge in [-0.15, -0.1) is 24.0 Å². The Hall–Kier alpha value is -1.96. The monoisotopic (exact) mass is 495 g/mol. The Morgan fingerprint density at radius 2 is 2.00 bits per heavy atom. The molecule has 1 atom stereocenters. The van der Waals surface area contributed by atoms with Gasteiger partial charge < -0.3 is 20.1 Å². The van der Waals surface area contributed by atoms with Crippen LogP contribution in [0.3, 0.4) is 0 Å². The highest BCUT2D eigenvalue weighted by Crippen LogP contribution is 2.39. The number of benzene rings is 2. The molecule has 0 aromatic heterocycles. The molecule has 5 nitrogen and oxygen atoms in total. The van der Waals surface area contributed by atoms with Crippen LogP contribution >= 0.6 is 24.0 Å². The number of halogens is 1. The minimum Gasteiger partial charge on any atom is -0.497 e. The Kier molecular flexibility index (Phi) is 7.98. The summed E-state index contributed by atoms with van der Waals surface area (Å²) in [6, 6.07) is 16.5. The van der Waals surface area contributed by atoms with Crippen LogP contribution in [0, 0.1) is 0 Å². The summed E-state index contributed by atoms with van der Waals surface area (Å²) >= 11 is 0. The molecule has 0 aliphatic carbocycles. The molecule has 1 heterocycles. The van der Waals surface area contributed by atoms with Crippen LogP contribution in [0.2, 0.25) is 0 Å². The largest absolute Gasteiger partial charge is 0.497 e. The van der Waals surface area contributed by atoms with Crippen molar-refractivity contribution >= 4 is 29.9 Å². The average Bonchev–Trinajstić information content (AvgIpc) is 2.66. The minimum absolute atomic E-state index is 0. The van der Waals surface area contributed by atoms with E-state index in [0.717, 1.165) is 36.8 Å². The Labute approximate surface area is 184 Å². The maximum atomic E-state index is 6.11. The number of nitrogens with zero attached hydrogens (tertiary/aromatic N) is 1. The molecule has 3 rings (SSSR count). The van der Waals surface area contributed by atoms with E-state index in [9.17, 15) is 0 Å². The van der Waals surface area contributed by atoms with Gasteiger partial charge in [0.2, 0.25) is 0 Å². The van der Waals surface area contributed by atoms with Crippen molar-refractivity contribution in [3.63, 3.8) is 0 Å². The van der Waals surface area contributed by atoms with E-state index >= 15 is 0 Å². The molecule has 1 unspecified atom stereocenters. The highest BCUT2D eigenvalue weighted by Gasteiger charge is 2.33. The number of fused-ring (bicyclic) bond motifs is 1. The maximum Gasteiger partial charge on any atom is 0.191 e. The van der Waals surface area contributed by atoms with Crippen LogP contribution in [0.15, 0.2) is 53.5 Å². The van der Waals surface area contributed by atoms with E-state index in [1.807, 2.05) is 30.3 Å². The van der Waals surface area contributed by atoms with E-state index in [4.69, 9.17) is 9.47 Å². The molecule has 0 saturated heterocycles. The molecule has 0 saturated carbocycles. The molecule has 152 valence electrons. The Morgan fingerprint density at radius 1 is 1.21 bits per heavy atom. The van der Waals surface area contributed by atoms with Gasteiger partial charge in [-0.25, -0.2) is 0 Å². The molecule has 0 radical (unpaired) electrons. The van der Waals surface area contributed by atoms with E-state index in [1.165, 1.54) is 11.1 Å². The van der Waals surface area contributed by atoms with Gasteiger partial charge in [-0.1, -0.05) is 30.3 Å². The standard InChI is InChI=1S/C22H29N3O2.HI/c1-22(2)15-19(18-10-5-6-11-20(18)27-22)25-21(23-3)24-13-12-16-8-7-9-17(14-16)26-4;/h5-11,14,19H,12-13,15H2,1-4H3,(H2,23,24,25);1H.